The van der Waals surface area contributed by atoms with Crippen molar-refractivity contribution in [3.63, 3.8) is 0 Å². The molecule has 9 heteroatoms. The standard InChI is InChI=1S/C10H20N6O2S/c1-4-16(5-2)10-14-8(11)13-9(15-10)12-6-7-19(3,17)18/h4-7H2,1-3H3,(H3,11,12,13,14,15). The van der Waals surface area contributed by atoms with Gasteiger partial charge in [0.05, 0.1) is 5.75 Å². The molecule has 0 spiro atoms. The van der Waals surface area contributed by atoms with Crippen molar-refractivity contribution in [2.45, 2.75) is 13.8 Å². The molecule has 3 N–H and O–H groups in total. The van der Waals surface area contributed by atoms with Gasteiger partial charge in [0.15, 0.2) is 0 Å². The molecule has 0 radical (unpaired) electrons. The number of hydrogen-bond acceptors (Lipinski definition) is 8. The van der Waals surface area contributed by atoms with Crippen LogP contribution in [0.3, 0.4) is 0 Å². The molecule has 0 saturated heterocycles. The van der Waals surface area contributed by atoms with Gasteiger partial charge < -0.3 is 16.0 Å². The van der Waals surface area contributed by atoms with Gasteiger partial charge in [-0.3, -0.25) is 0 Å². The number of nitrogens with zero attached hydrogens (tertiary/aromatic N) is 4. The molecule has 0 atom stereocenters. The summed E-state index contributed by atoms with van der Waals surface area (Å²) < 4.78 is 22.1. The molecule has 1 aromatic heterocycles. The average Bonchev–Trinajstić information content (AvgIpc) is 2.28. The molecule has 0 amide bonds. The van der Waals surface area contributed by atoms with Crippen LogP contribution in [0.2, 0.25) is 0 Å². The molecular weight excluding hydrogens is 268 g/mol. The second-order valence-electron chi connectivity index (χ2n) is 4.05. The Labute approximate surface area is 113 Å². The second kappa shape index (κ2) is 6.50. The third-order valence-electron chi connectivity index (χ3n) is 2.44. The van der Waals surface area contributed by atoms with Crippen molar-refractivity contribution in [2.75, 3.05) is 47.6 Å². The van der Waals surface area contributed by atoms with E-state index in [9.17, 15) is 8.42 Å². The Morgan fingerprint density at radius 1 is 1.21 bits per heavy atom. The molecule has 0 aliphatic carbocycles. The summed E-state index contributed by atoms with van der Waals surface area (Å²) in [6.45, 7) is 5.71. The molecule has 19 heavy (non-hydrogen) atoms. The molecule has 0 saturated carbocycles. The van der Waals surface area contributed by atoms with Crippen LogP contribution in [0.1, 0.15) is 13.8 Å². The monoisotopic (exact) mass is 288 g/mol. The first-order valence-corrected chi connectivity index (χ1v) is 8.09. The summed E-state index contributed by atoms with van der Waals surface area (Å²) in [7, 11) is -3.02. The first-order valence-electron chi connectivity index (χ1n) is 6.03. The van der Waals surface area contributed by atoms with Gasteiger partial charge in [-0.05, 0) is 13.8 Å². The maximum atomic E-state index is 11.0. The normalized spacial score (nSPS) is 11.3. The van der Waals surface area contributed by atoms with E-state index in [0.717, 1.165) is 13.1 Å². The number of nitrogens with one attached hydrogen (secondary N) is 1. The number of nitrogens with two attached hydrogens (primary N) is 1. The summed E-state index contributed by atoms with van der Waals surface area (Å²) in [5, 5.41) is 2.84. The van der Waals surface area contributed by atoms with Gasteiger partial charge in [0, 0.05) is 25.9 Å². The number of anilines is 3. The summed E-state index contributed by atoms with van der Waals surface area (Å²) >= 11 is 0. The topological polar surface area (TPSA) is 114 Å². The minimum atomic E-state index is -3.02. The van der Waals surface area contributed by atoms with Gasteiger partial charge in [0.2, 0.25) is 17.8 Å². The quantitative estimate of drug-likeness (QED) is 0.706. The van der Waals surface area contributed by atoms with Gasteiger partial charge in [-0.15, -0.1) is 0 Å². The Bertz CT molecular complexity index is 515. The molecule has 8 nitrogen and oxygen atoms in total. The minimum Gasteiger partial charge on any atom is -0.368 e. The summed E-state index contributed by atoms with van der Waals surface area (Å²) in [5.74, 6) is 0.898. The van der Waals surface area contributed by atoms with Gasteiger partial charge in [-0.2, -0.15) is 15.0 Å². The lowest BCUT2D eigenvalue weighted by atomic mass is 10.5. The smallest absolute Gasteiger partial charge is 0.231 e. The zero-order valence-corrected chi connectivity index (χ0v) is 12.2. The van der Waals surface area contributed by atoms with Crippen LogP contribution >= 0.6 is 0 Å². The zero-order valence-electron chi connectivity index (χ0n) is 11.4. The Morgan fingerprint density at radius 3 is 2.37 bits per heavy atom. The highest BCUT2D eigenvalue weighted by Crippen LogP contribution is 2.11. The second-order valence-corrected chi connectivity index (χ2v) is 6.31. The zero-order chi connectivity index (χ0) is 14.5. The van der Waals surface area contributed by atoms with Crippen LogP contribution in [0.15, 0.2) is 0 Å². The van der Waals surface area contributed by atoms with Crippen LogP contribution < -0.4 is 16.0 Å². The molecule has 108 valence electrons. The Morgan fingerprint density at radius 2 is 1.84 bits per heavy atom. The predicted molar refractivity (Wildman–Crippen MR) is 76.0 cm³/mol. The van der Waals surface area contributed by atoms with Gasteiger partial charge >= 0.3 is 0 Å². The number of nitrogen functional groups attached to an aromatic ring is 1. The Hall–Kier alpha value is -1.64. The summed E-state index contributed by atoms with van der Waals surface area (Å²) in [6.07, 6.45) is 1.18. The van der Waals surface area contributed by atoms with Crippen molar-refractivity contribution in [3.05, 3.63) is 0 Å². The average molecular weight is 288 g/mol. The van der Waals surface area contributed by atoms with E-state index in [1.165, 1.54) is 6.26 Å². The highest BCUT2D eigenvalue weighted by molar-refractivity contribution is 7.90. The number of sulfone groups is 1. The molecule has 1 heterocycles. The fraction of sp³-hybridized carbons (Fsp3) is 0.700. The van der Waals surface area contributed by atoms with Crippen molar-refractivity contribution >= 4 is 27.7 Å². The van der Waals surface area contributed by atoms with E-state index in [2.05, 4.69) is 20.3 Å². The molecule has 0 bridgehead atoms. The summed E-state index contributed by atoms with van der Waals surface area (Å²) in [6, 6.07) is 0. The first kappa shape index (κ1) is 15.4. The Balaban J connectivity index is 2.79. The van der Waals surface area contributed by atoms with E-state index in [4.69, 9.17) is 5.73 Å². The lowest BCUT2D eigenvalue weighted by Crippen LogP contribution is -2.25. The van der Waals surface area contributed by atoms with Crippen LogP contribution in [-0.2, 0) is 9.84 Å². The minimum absolute atomic E-state index is 0.0131. The van der Waals surface area contributed by atoms with Crippen molar-refractivity contribution in [3.8, 4) is 0 Å². The predicted octanol–water partition coefficient (Wildman–Crippen LogP) is -0.243. The molecule has 0 aliphatic rings. The maximum Gasteiger partial charge on any atom is 0.231 e. The summed E-state index contributed by atoms with van der Waals surface area (Å²) in [5.41, 5.74) is 5.62. The van der Waals surface area contributed by atoms with Crippen molar-refractivity contribution in [1.29, 1.82) is 0 Å². The fourth-order valence-corrected chi connectivity index (χ4v) is 1.93. The molecule has 0 unspecified atom stereocenters. The largest absolute Gasteiger partial charge is 0.368 e. The lowest BCUT2D eigenvalue weighted by molar-refractivity contribution is 0.602. The van der Waals surface area contributed by atoms with E-state index in [0.29, 0.717) is 5.95 Å². The third kappa shape index (κ3) is 5.25. The molecule has 1 aromatic rings. The van der Waals surface area contributed by atoms with Crippen LogP contribution in [-0.4, -0.2) is 55.0 Å². The van der Waals surface area contributed by atoms with E-state index >= 15 is 0 Å². The van der Waals surface area contributed by atoms with Crippen molar-refractivity contribution in [1.82, 2.24) is 15.0 Å². The SMILES string of the molecule is CCN(CC)c1nc(N)nc(NCCS(C)(=O)=O)n1. The van der Waals surface area contributed by atoms with Gasteiger partial charge in [-0.25, -0.2) is 8.42 Å². The third-order valence-corrected chi connectivity index (χ3v) is 3.39. The van der Waals surface area contributed by atoms with Crippen LogP contribution in [0, 0.1) is 0 Å². The van der Waals surface area contributed by atoms with Crippen LogP contribution in [0.4, 0.5) is 17.8 Å². The van der Waals surface area contributed by atoms with E-state index in [-0.39, 0.29) is 24.2 Å². The van der Waals surface area contributed by atoms with Crippen LogP contribution in [0.25, 0.3) is 0 Å². The van der Waals surface area contributed by atoms with Crippen molar-refractivity contribution in [2.24, 2.45) is 0 Å². The fourth-order valence-electron chi connectivity index (χ4n) is 1.46. The van der Waals surface area contributed by atoms with Crippen LogP contribution in [0.5, 0.6) is 0 Å². The maximum absolute atomic E-state index is 11.0. The highest BCUT2D eigenvalue weighted by atomic mass is 32.2. The van der Waals surface area contributed by atoms with E-state index < -0.39 is 9.84 Å². The van der Waals surface area contributed by atoms with E-state index in [1.807, 2.05) is 18.7 Å². The Kier molecular flexibility index (Phi) is 5.28. The van der Waals surface area contributed by atoms with Crippen molar-refractivity contribution < 1.29 is 8.42 Å². The van der Waals surface area contributed by atoms with Gasteiger partial charge in [0.1, 0.15) is 9.84 Å². The first-order chi connectivity index (χ1) is 8.85. The summed E-state index contributed by atoms with van der Waals surface area (Å²) in [4.78, 5) is 14.1. The molecule has 1 rings (SSSR count). The molecular formula is C10H20N6O2S. The van der Waals surface area contributed by atoms with Gasteiger partial charge in [0.25, 0.3) is 0 Å². The van der Waals surface area contributed by atoms with E-state index in [1.54, 1.807) is 0 Å². The molecule has 0 aromatic carbocycles. The number of hydrogen-bond donors (Lipinski definition) is 2. The molecule has 0 aliphatic heterocycles. The van der Waals surface area contributed by atoms with Gasteiger partial charge in [-0.1, -0.05) is 0 Å². The number of aromatic nitrogens is 3. The number of rotatable bonds is 7. The molecule has 0 fully saturated rings. The highest BCUT2D eigenvalue weighted by Gasteiger charge is 2.10. The lowest BCUT2D eigenvalue weighted by Gasteiger charge is -2.18.